The molecule has 1 saturated heterocycles. The van der Waals surface area contributed by atoms with E-state index in [1.807, 2.05) is 12.1 Å². The Labute approximate surface area is 145 Å². The number of nitrogens with zero attached hydrogens (tertiary/aromatic N) is 3. The maximum atomic E-state index is 5.94. The number of benzene rings is 1. The topological polar surface area (TPSA) is 92.0 Å². The molecule has 1 unspecified atom stereocenters. The van der Waals surface area contributed by atoms with Crippen molar-refractivity contribution in [2.75, 3.05) is 44.6 Å². The normalized spacial score (nSPS) is 18.8. The van der Waals surface area contributed by atoms with Gasteiger partial charge in [-0.1, -0.05) is 0 Å². The molecule has 0 radical (unpaired) electrons. The fourth-order valence-electron chi connectivity index (χ4n) is 3.29. The molecule has 1 aromatic carbocycles. The molecule has 8 heteroatoms. The van der Waals surface area contributed by atoms with Crippen molar-refractivity contribution in [3.8, 4) is 23.1 Å². The van der Waals surface area contributed by atoms with Gasteiger partial charge in [0.05, 0.1) is 26.9 Å². The monoisotopic (exact) mass is 344 g/mol. The van der Waals surface area contributed by atoms with Crippen LogP contribution in [-0.4, -0.2) is 43.9 Å². The number of fused-ring (bicyclic) bond motifs is 7. The number of anilines is 2. The van der Waals surface area contributed by atoms with Gasteiger partial charge in [0.2, 0.25) is 11.8 Å². The van der Waals surface area contributed by atoms with Gasteiger partial charge in [0.1, 0.15) is 11.6 Å². The lowest BCUT2D eigenvalue weighted by molar-refractivity contribution is 0.133. The van der Waals surface area contributed by atoms with Crippen LogP contribution in [0.15, 0.2) is 18.2 Å². The van der Waals surface area contributed by atoms with E-state index in [2.05, 4.69) is 14.9 Å². The van der Waals surface area contributed by atoms with E-state index < -0.39 is 0 Å². The first-order valence-electron chi connectivity index (χ1n) is 8.12. The predicted octanol–water partition coefficient (Wildman–Crippen LogP) is 2.15. The van der Waals surface area contributed by atoms with E-state index in [4.69, 9.17) is 24.7 Å². The first-order chi connectivity index (χ1) is 12.2. The molecule has 2 N–H and O–H groups in total. The highest BCUT2D eigenvalue weighted by Gasteiger charge is 2.31. The summed E-state index contributed by atoms with van der Waals surface area (Å²) in [6, 6.07) is 5.44. The fraction of sp³-hybridized carbons (Fsp3) is 0.412. The molecule has 2 aliphatic rings. The zero-order valence-electron chi connectivity index (χ0n) is 14.2. The molecule has 0 saturated carbocycles. The van der Waals surface area contributed by atoms with E-state index in [1.54, 1.807) is 20.3 Å². The standard InChI is InChI=1S/C17H20N4O4/c1-22-12-7-13(23-2)14-6-10(12)11-9-24-5-3-4-21(11)15-8-16(25-14)20-17(18)19-15/h6-8,11H,3-5,9H2,1-2H3,(H2,18,19,20). The summed E-state index contributed by atoms with van der Waals surface area (Å²) in [5.41, 5.74) is 6.84. The van der Waals surface area contributed by atoms with Crippen LogP contribution in [0, 0.1) is 0 Å². The van der Waals surface area contributed by atoms with Crippen LogP contribution in [0.1, 0.15) is 18.0 Å². The van der Waals surface area contributed by atoms with Crippen molar-refractivity contribution in [1.82, 2.24) is 9.97 Å². The molecule has 25 heavy (non-hydrogen) atoms. The summed E-state index contributed by atoms with van der Waals surface area (Å²) in [6.45, 7) is 1.99. The second-order valence-electron chi connectivity index (χ2n) is 5.91. The lowest BCUT2D eigenvalue weighted by Gasteiger charge is -2.31. The summed E-state index contributed by atoms with van der Waals surface area (Å²) in [5.74, 6) is 3.07. The summed E-state index contributed by atoms with van der Waals surface area (Å²) in [7, 11) is 3.22. The number of nitrogens with two attached hydrogens (primary N) is 1. The SMILES string of the molecule is COc1cc(OC)c2cc1Oc1cc(nc(N)n1)N1CCCOCC21. The quantitative estimate of drug-likeness (QED) is 0.886. The summed E-state index contributed by atoms with van der Waals surface area (Å²) >= 11 is 0. The smallest absolute Gasteiger partial charge is 0.226 e. The van der Waals surface area contributed by atoms with Crippen molar-refractivity contribution in [2.24, 2.45) is 0 Å². The third kappa shape index (κ3) is 2.78. The van der Waals surface area contributed by atoms with Crippen LogP contribution in [0.5, 0.6) is 23.1 Å². The number of hydrogen-bond acceptors (Lipinski definition) is 8. The maximum absolute atomic E-state index is 5.94. The minimum atomic E-state index is -0.0778. The lowest BCUT2D eigenvalue weighted by atomic mass is 10.0. The Kier molecular flexibility index (Phi) is 3.96. The molecule has 0 amide bonds. The summed E-state index contributed by atoms with van der Waals surface area (Å²) in [6.07, 6.45) is 0.891. The maximum Gasteiger partial charge on any atom is 0.226 e. The summed E-state index contributed by atoms with van der Waals surface area (Å²) in [5, 5.41) is 0. The van der Waals surface area contributed by atoms with E-state index in [0.29, 0.717) is 42.2 Å². The van der Waals surface area contributed by atoms with Crippen LogP contribution in [0.2, 0.25) is 0 Å². The highest BCUT2D eigenvalue weighted by atomic mass is 16.5. The molecule has 132 valence electrons. The Hall–Kier alpha value is -2.74. The molecule has 4 rings (SSSR count). The minimum absolute atomic E-state index is 0.0778. The Morgan fingerprint density at radius 3 is 2.80 bits per heavy atom. The van der Waals surface area contributed by atoms with Crippen molar-refractivity contribution in [3.05, 3.63) is 23.8 Å². The second-order valence-corrected chi connectivity index (χ2v) is 5.91. The zero-order chi connectivity index (χ0) is 17.4. The fourth-order valence-corrected chi connectivity index (χ4v) is 3.29. The molecule has 8 nitrogen and oxygen atoms in total. The van der Waals surface area contributed by atoms with E-state index in [1.165, 1.54) is 0 Å². The molecule has 1 aromatic heterocycles. The molecule has 0 spiro atoms. The third-order valence-corrected chi connectivity index (χ3v) is 4.43. The lowest BCUT2D eigenvalue weighted by Crippen LogP contribution is -2.31. The Morgan fingerprint density at radius 2 is 2.00 bits per heavy atom. The zero-order valence-corrected chi connectivity index (χ0v) is 14.2. The molecule has 2 aromatic rings. The van der Waals surface area contributed by atoms with E-state index in [0.717, 1.165) is 18.5 Å². The number of methoxy groups -OCH3 is 2. The Balaban J connectivity index is 1.96. The minimum Gasteiger partial charge on any atom is -0.496 e. The van der Waals surface area contributed by atoms with Gasteiger partial charge >= 0.3 is 0 Å². The van der Waals surface area contributed by atoms with Crippen molar-refractivity contribution in [2.45, 2.75) is 12.5 Å². The predicted molar refractivity (Wildman–Crippen MR) is 91.6 cm³/mol. The average molecular weight is 344 g/mol. The van der Waals surface area contributed by atoms with Crippen LogP contribution in [0.4, 0.5) is 11.8 Å². The van der Waals surface area contributed by atoms with Gasteiger partial charge in [-0.05, 0) is 12.5 Å². The van der Waals surface area contributed by atoms with Gasteiger partial charge in [-0.25, -0.2) is 0 Å². The van der Waals surface area contributed by atoms with Crippen LogP contribution >= 0.6 is 0 Å². The molecule has 1 atom stereocenters. The van der Waals surface area contributed by atoms with Crippen molar-refractivity contribution >= 4 is 11.8 Å². The van der Waals surface area contributed by atoms with Gasteiger partial charge in [0.15, 0.2) is 11.5 Å². The van der Waals surface area contributed by atoms with Crippen LogP contribution in [0.3, 0.4) is 0 Å². The number of rotatable bonds is 2. The first-order valence-corrected chi connectivity index (χ1v) is 8.12. The van der Waals surface area contributed by atoms with Gasteiger partial charge in [-0.2, -0.15) is 9.97 Å². The molecule has 2 aliphatic heterocycles. The third-order valence-electron chi connectivity index (χ3n) is 4.43. The molecule has 1 fully saturated rings. The van der Waals surface area contributed by atoms with Crippen molar-refractivity contribution in [1.29, 1.82) is 0 Å². The number of ether oxygens (including phenoxy) is 4. The van der Waals surface area contributed by atoms with Crippen molar-refractivity contribution in [3.63, 3.8) is 0 Å². The molecular formula is C17H20N4O4. The highest BCUT2D eigenvalue weighted by molar-refractivity contribution is 5.58. The number of nitrogen functional groups attached to an aromatic ring is 1. The van der Waals surface area contributed by atoms with E-state index in [9.17, 15) is 0 Å². The molecule has 3 heterocycles. The number of aromatic nitrogens is 2. The van der Waals surface area contributed by atoms with E-state index >= 15 is 0 Å². The average Bonchev–Trinajstić information content (AvgIpc) is 2.85. The second kappa shape index (κ2) is 6.29. The van der Waals surface area contributed by atoms with Crippen molar-refractivity contribution < 1.29 is 18.9 Å². The van der Waals surface area contributed by atoms with E-state index in [-0.39, 0.29) is 12.0 Å². The summed E-state index contributed by atoms with van der Waals surface area (Å²) in [4.78, 5) is 10.7. The first kappa shape index (κ1) is 15.8. The van der Waals surface area contributed by atoms with Crippen LogP contribution < -0.4 is 24.8 Å². The molecule has 0 aliphatic carbocycles. The van der Waals surface area contributed by atoms with Gasteiger partial charge < -0.3 is 29.6 Å². The Morgan fingerprint density at radius 1 is 1.16 bits per heavy atom. The van der Waals surface area contributed by atoms with Gasteiger partial charge in [0.25, 0.3) is 0 Å². The largest absolute Gasteiger partial charge is 0.496 e. The number of hydrogen-bond donors (Lipinski definition) is 1. The molecule has 4 bridgehead atoms. The van der Waals surface area contributed by atoms with Crippen LogP contribution in [0.25, 0.3) is 0 Å². The molecular weight excluding hydrogens is 324 g/mol. The highest BCUT2D eigenvalue weighted by Crippen LogP contribution is 2.44. The van der Waals surface area contributed by atoms with Gasteiger partial charge in [-0.15, -0.1) is 0 Å². The van der Waals surface area contributed by atoms with Crippen LogP contribution in [-0.2, 0) is 4.74 Å². The Bertz CT molecular complexity index is 798. The summed E-state index contributed by atoms with van der Waals surface area (Å²) < 4.78 is 22.8. The van der Waals surface area contributed by atoms with Gasteiger partial charge in [-0.3, -0.25) is 0 Å². The van der Waals surface area contributed by atoms with Gasteiger partial charge in [0, 0.05) is 30.8 Å².